The van der Waals surface area contributed by atoms with Crippen LogP contribution < -0.4 is 4.90 Å². The van der Waals surface area contributed by atoms with Crippen molar-refractivity contribution in [1.29, 1.82) is 0 Å². The first-order valence-corrected chi connectivity index (χ1v) is 12.5. The number of carbonyl (C=O) groups is 3. The van der Waals surface area contributed by atoms with E-state index in [9.17, 15) is 14.4 Å². The lowest BCUT2D eigenvalue weighted by Crippen LogP contribution is -2.54. The number of esters is 1. The van der Waals surface area contributed by atoms with E-state index in [1.807, 2.05) is 44.2 Å². The van der Waals surface area contributed by atoms with Gasteiger partial charge >= 0.3 is 12.1 Å². The lowest BCUT2D eigenvalue weighted by Gasteiger charge is -2.43. The summed E-state index contributed by atoms with van der Waals surface area (Å²) in [5.41, 5.74) is -0.652. The molecule has 0 aromatic heterocycles. The summed E-state index contributed by atoms with van der Waals surface area (Å²) in [6.07, 6.45) is 1.09. The van der Waals surface area contributed by atoms with E-state index in [2.05, 4.69) is 10.2 Å². The van der Waals surface area contributed by atoms with Crippen LogP contribution in [0.4, 0.5) is 10.5 Å². The highest BCUT2D eigenvalue weighted by molar-refractivity contribution is 7.78. The number of nitrogens with zero attached hydrogens (tertiary/aromatic N) is 2. The largest absolute Gasteiger partial charge is 0.460 e. The molecule has 37 heavy (non-hydrogen) atoms. The fraction of sp³-hybridized carbons (Fsp3) is 0.379. The molecule has 0 saturated carbocycles. The molecule has 0 N–H and O–H groups in total. The zero-order valence-corrected chi connectivity index (χ0v) is 22.4. The number of para-hydroxylation sites is 1. The van der Waals surface area contributed by atoms with Crippen molar-refractivity contribution in [2.45, 2.75) is 64.2 Å². The molecule has 3 atom stereocenters. The lowest BCUT2D eigenvalue weighted by atomic mass is 9.60. The summed E-state index contributed by atoms with van der Waals surface area (Å²) in [5, 5.41) is 2.43. The van der Waals surface area contributed by atoms with Crippen LogP contribution in [0.5, 0.6) is 0 Å². The van der Waals surface area contributed by atoms with Gasteiger partial charge in [0, 0.05) is 0 Å². The van der Waals surface area contributed by atoms with Gasteiger partial charge in [0.05, 0.1) is 22.3 Å². The van der Waals surface area contributed by atoms with Crippen molar-refractivity contribution in [2.24, 2.45) is 10.9 Å². The standard InChI is InChI=1S/C29H30N2O5S/c1-19-15-29(22(16-28(19,5)30-18-37)24(32)36-27(2,3)4)21-13-9-10-14-23(21)31(25(29)33)26(34)35-17-20-11-7-6-8-12-20/h6-15,22H,16-17H2,1-5H3/t22-,28+,29-/m0/s1. The normalized spacial score (nSPS) is 24.7. The summed E-state index contributed by atoms with van der Waals surface area (Å²) in [5.74, 6) is -2.08. The number of amides is 2. The fourth-order valence-corrected chi connectivity index (χ4v) is 5.26. The average molecular weight is 519 g/mol. The number of ether oxygens (including phenoxy) is 2. The van der Waals surface area contributed by atoms with Gasteiger partial charge in [-0.25, -0.2) is 14.7 Å². The first kappa shape index (κ1) is 26.5. The van der Waals surface area contributed by atoms with Gasteiger partial charge in [-0.1, -0.05) is 54.6 Å². The minimum absolute atomic E-state index is 0.00440. The van der Waals surface area contributed by atoms with Crippen LogP contribution in [-0.4, -0.2) is 34.3 Å². The molecule has 8 heteroatoms. The molecule has 2 aliphatic rings. The number of carbonyl (C=O) groups excluding carboxylic acids is 3. The Morgan fingerprint density at radius 2 is 1.78 bits per heavy atom. The SMILES string of the molecule is CC1=C[C@@]2(C(=O)N(C(=O)OCc3ccccc3)c3ccccc32)[C@H](C(=O)OC(C)(C)C)C[C@@]1(C)N=C=S. The summed E-state index contributed by atoms with van der Waals surface area (Å²) in [6.45, 7) is 9.01. The molecule has 0 bridgehead atoms. The van der Waals surface area contributed by atoms with Crippen LogP contribution in [0.1, 0.15) is 52.2 Å². The molecule has 192 valence electrons. The van der Waals surface area contributed by atoms with E-state index in [-0.39, 0.29) is 13.0 Å². The van der Waals surface area contributed by atoms with Gasteiger partial charge < -0.3 is 9.47 Å². The van der Waals surface area contributed by atoms with Gasteiger partial charge in [0.25, 0.3) is 5.91 Å². The molecule has 2 aromatic carbocycles. The molecule has 1 spiro atoms. The van der Waals surface area contributed by atoms with Gasteiger partial charge in [-0.15, -0.1) is 0 Å². The van der Waals surface area contributed by atoms with Crippen LogP contribution >= 0.6 is 12.2 Å². The fourth-order valence-electron chi connectivity index (χ4n) is 5.06. The van der Waals surface area contributed by atoms with E-state index in [4.69, 9.17) is 21.7 Å². The van der Waals surface area contributed by atoms with Crippen molar-refractivity contribution in [3.63, 3.8) is 0 Å². The molecule has 2 aromatic rings. The third-order valence-corrected chi connectivity index (χ3v) is 7.06. The van der Waals surface area contributed by atoms with Gasteiger partial charge in [0.15, 0.2) is 0 Å². The summed E-state index contributed by atoms with van der Waals surface area (Å²) in [7, 11) is 0. The minimum Gasteiger partial charge on any atom is -0.460 e. The smallest absolute Gasteiger partial charge is 0.421 e. The van der Waals surface area contributed by atoms with Crippen molar-refractivity contribution in [3.8, 4) is 0 Å². The van der Waals surface area contributed by atoms with E-state index in [1.54, 1.807) is 51.1 Å². The number of hydrogen-bond acceptors (Lipinski definition) is 7. The van der Waals surface area contributed by atoms with Crippen LogP contribution in [0.15, 0.2) is 71.2 Å². The summed E-state index contributed by atoms with van der Waals surface area (Å²) in [6, 6.07) is 16.2. The second kappa shape index (κ2) is 9.69. The molecule has 0 fully saturated rings. The van der Waals surface area contributed by atoms with Gasteiger partial charge in [-0.3, -0.25) is 9.59 Å². The molecule has 1 aliphatic heterocycles. The molecular weight excluding hydrogens is 488 g/mol. The Bertz CT molecular complexity index is 1330. The number of aliphatic imine (C=N–C) groups is 1. The van der Waals surface area contributed by atoms with Gasteiger partial charge in [-0.2, -0.15) is 0 Å². The van der Waals surface area contributed by atoms with E-state index < -0.39 is 40.4 Å². The molecule has 2 amide bonds. The number of benzene rings is 2. The third-order valence-electron chi connectivity index (χ3n) is 6.96. The van der Waals surface area contributed by atoms with E-state index >= 15 is 0 Å². The summed E-state index contributed by atoms with van der Waals surface area (Å²) < 4.78 is 11.3. The van der Waals surface area contributed by atoms with Gasteiger partial charge in [-0.05, 0) is 76.0 Å². The second-order valence-electron chi connectivity index (χ2n) is 10.7. The summed E-state index contributed by atoms with van der Waals surface area (Å²) in [4.78, 5) is 46.7. The zero-order chi connectivity index (χ0) is 27.0. The first-order chi connectivity index (χ1) is 17.4. The highest BCUT2D eigenvalue weighted by Gasteiger charge is 2.62. The van der Waals surface area contributed by atoms with Crippen LogP contribution in [0.25, 0.3) is 0 Å². The Morgan fingerprint density at radius 1 is 1.14 bits per heavy atom. The topological polar surface area (TPSA) is 85.3 Å². The predicted molar refractivity (Wildman–Crippen MR) is 143 cm³/mol. The number of anilines is 1. The number of fused-ring (bicyclic) bond motifs is 2. The molecule has 0 radical (unpaired) electrons. The Balaban J connectivity index is 1.83. The van der Waals surface area contributed by atoms with Crippen LogP contribution in [-0.2, 0) is 31.1 Å². The molecule has 0 unspecified atom stereocenters. The quantitative estimate of drug-likeness (QED) is 0.221. The minimum atomic E-state index is -1.47. The van der Waals surface area contributed by atoms with Gasteiger partial charge in [0.1, 0.15) is 17.6 Å². The number of hydrogen-bond donors (Lipinski definition) is 0. The molecule has 7 nitrogen and oxygen atoms in total. The van der Waals surface area contributed by atoms with Gasteiger partial charge in [0.2, 0.25) is 0 Å². The number of isothiocyanates is 1. The predicted octanol–water partition coefficient (Wildman–Crippen LogP) is 5.78. The number of rotatable bonds is 4. The van der Waals surface area contributed by atoms with Crippen LogP contribution in [0.3, 0.4) is 0 Å². The number of imide groups is 1. The summed E-state index contributed by atoms with van der Waals surface area (Å²) >= 11 is 4.89. The molecule has 4 rings (SSSR count). The maximum Gasteiger partial charge on any atom is 0.421 e. The van der Waals surface area contributed by atoms with Crippen molar-refractivity contribution >= 4 is 41.0 Å². The Hall–Kier alpha value is -3.61. The Morgan fingerprint density at radius 3 is 2.43 bits per heavy atom. The Kier molecular flexibility index (Phi) is 6.93. The van der Waals surface area contributed by atoms with Crippen LogP contribution in [0.2, 0.25) is 0 Å². The first-order valence-electron chi connectivity index (χ1n) is 12.1. The lowest BCUT2D eigenvalue weighted by molar-refractivity contribution is -0.164. The number of thiocarbonyl (C=S) groups is 1. The molecule has 1 aliphatic carbocycles. The monoisotopic (exact) mass is 518 g/mol. The maximum absolute atomic E-state index is 14.3. The molecule has 1 heterocycles. The van der Waals surface area contributed by atoms with E-state index in [1.165, 1.54) is 0 Å². The second-order valence-corrected chi connectivity index (χ2v) is 10.8. The van der Waals surface area contributed by atoms with Crippen molar-refractivity contribution in [2.75, 3.05) is 4.90 Å². The van der Waals surface area contributed by atoms with Crippen molar-refractivity contribution in [3.05, 3.63) is 77.4 Å². The maximum atomic E-state index is 14.3. The third kappa shape index (κ3) is 4.75. The zero-order valence-electron chi connectivity index (χ0n) is 21.6. The Labute approximate surface area is 222 Å². The average Bonchev–Trinajstić information content (AvgIpc) is 3.08. The van der Waals surface area contributed by atoms with Crippen LogP contribution in [0, 0.1) is 5.92 Å². The molecular formula is C29H30N2O5S. The van der Waals surface area contributed by atoms with Crippen molar-refractivity contribution < 1.29 is 23.9 Å². The highest BCUT2D eigenvalue weighted by Crippen LogP contribution is 2.55. The van der Waals surface area contributed by atoms with Crippen molar-refractivity contribution in [1.82, 2.24) is 0 Å². The van der Waals surface area contributed by atoms with E-state index in [0.29, 0.717) is 11.3 Å². The van der Waals surface area contributed by atoms with E-state index in [0.717, 1.165) is 16.0 Å². The highest BCUT2D eigenvalue weighted by atomic mass is 32.1. The molecule has 0 saturated heterocycles.